The molecule has 1 N–H and O–H groups in total. The molecule has 6 heteroatoms. The smallest absolute Gasteiger partial charge is 0.307 e. The molecule has 4 nitrogen and oxygen atoms in total. The van der Waals surface area contributed by atoms with Gasteiger partial charge in [0.05, 0.1) is 18.4 Å². The summed E-state index contributed by atoms with van der Waals surface area (Å²) in [5.41, 5.74) is 0. The van der Waals surface area contributed by atoms with Crippen LogP contribution in [0.25, 0.3) is 0 Å². The second kappa shape index (κ2) is 4.55. The van der Waals surface area contributed by atoms with E-state index in [1.54, 1.807) is 6.92 Å². The summed E-state index contributed by atoms with van der Waals surface area (Å²) >= 11 is 0. The molecule has 0 bridgehead atoms. The van der Waals surface area contributed by atoms with E-state index < -0.39 is 36.7 Å². The Balaban J connectivity index is 2.49. The number of nitrogens with zero attached hydrogens (tertiary/aromatic N) is 1. The van der Waals surface area contributed by atoms with E-state index in [2.05, 4.69) is 0 Å². The van der Waals surface area contributed by atoms with Gasteiger partial charge in [-0.25, -0.2) is 8.78 Å². The van der Waals surface area contributed by atoms with Gasteiger partial charge in [0.25, 0.3) is 6.43 Å². The molecular formula is C9H13F2NO3. The van der Waals surface area contributed by atoms with Gasteiger partial charge in [-0.05, 0) is 13.3 Å². The van der Waals surface area contributed by atoms with Crippen LogP contribution in [0.5, 0.6) is 0 Å². The molecule has 1 aliphatic carbocycles. The third-order valence-corrected chi connectivity index (χ3v) is 2.48. The molecule has 0 saturated heterocycles. The van der Waals surface area contributed by atoms with Gasteiger partial charge in [0, 0.05) is 6.54 Å². The molecule has 1 fully saturated rings. The molecule has 2 unspecified atom stereocenters. The highest BCUT2D eigenvalue weighted by Crippen LogP contribution is 2.40. The van der Waals surface area contributed by atoms with Crippen LogP contribution in [-0.4, -0.2) is 41.4 Å². The topological polar surface area (TPSA) is 57.6 Å². The standard InChI is InChI=1S/C9H13F2NO3/c1-2-12(4-7(10)11)8(13)5-3-6(5)9(14)15/h5-7H,2-4H2,1H3,(H,14,15). The fraction of sp³-hybridized carbons (Fsp3) is 0.778. The quantitative estimate of drug-likeness (QED) is 0.747. The SMILES string of the molecule is CCN(CC(F)F)C(=O)C1CC1C(=O)O. The molecule has 0 heterocycles. The molecule has 1 saturated carbocycles. The first-order valence-corrected chi connectivity index (χ1v) is 4.77. The number of carboxylic acids is 1. The monoisotopic (exact) mass is 221 g/mol. The van der Waals surface area contributed by atoms with Crippen LogP contribution in [0.15, 0.2) is 0 Å². The van der Waals surface area contributed by atoms with Crippen LogP contribution in [0.3, 0.4) is 0 Å². The Morgan fingerprint density at radius 1 is 1.47 bits per heavy atom. The minimum Gasteiger partial charge on any atom is -0.481 e. The van der Waals surface area contributed by atoms with Crippen molar-refractivity contribution < 1.29 is 23.5 Å². The third-order valence-electron chi connectivity index (χ3n) is 2.48. The molecule has 0 aromatic rings. The van der Waals surface area contributed by atoms with Crippen LogP contribution in [0, 0.1) is 11.8 Å². The molecule has 0 aliphatic heterocycles. The van der Waals surface area contributed by atoms with E-state index in [1.807, 2.05) is 0 Å². The highest BCUT2D eigenvalue weighted by Gasteiger charge is 2.49. The van der Waals surface area contributed by atoms with Crippen molar-refractivity contribution in [3.05, 3.63) is 0 Å². The van der Waals surface area contributed by atoms with Crippen LogP contribution in [0.2, 0.25) is 0 Å². The summed E-state index contributed by atoms with van der Waals surface area (Å²) in [5, 5.41) is 8.59. The Bertz CT molecular complexity index is 270. The molecular weight excluding hydrogens is 208 g/mol. The van der Waals surface area contributed by atoms with Gasteiger partial charge in [0.15, 0.2) is 0 Å². The third kappa shape index (κ3) is 2.87. The Morgan fingerprint density at radius 2 is 2.07 bits per heavy atom. The number of carboxylic acid groups (broad SMARTS) is 1. The number of hydrogen-bond acceptors (Lipinski definition) is 2. The molecule has 1 aliphatic rings. The lowest BCUT2D eigenvalue weighted by atomic mass is 10.2. The Morgan fingerprint density at radius 3 is 2.40 bits per heavy atom. The Labute approximate surface area is 85.9 Å². The number of rotatable bonds is 5. The van der Waals surface area contributed by atoms with Crippen molar-refractivity contribution in [2.24, 2.45) is 11.8 Å². The van der Waals surface area contributed by atoms with E-state index >= 15 is 0 Å². The van der Waals surface area contributed by atoms with Crippen LogP contribution in [0.4, 0.5) is 8.78 Å². The van der Waals surface area contributed by atoms with Gasteiger partial charge in [-0.2, -0.15) is 0 Å². The summed E-state index contributed by atoms with van der Waals surface area (Å²) in [7, 11) is 0. The summed E-state index contributed by atoms with van der Waals surface area (Å²) in [6, 6.07) is 0. The molecule has 15 heavy (non-hydrogen) atoms. The van der Waals surface area contributed by atoms with Gasteiger partial charge in [-0.1, -0.05) is 0 Å². The molecule has 2 atom stereocenters. The van der Waals surface area contributed by atoms with E-state index in [9.17, 15) is 18.4 Å². The van der Waals surface area contributed by atoms with E-state index in [1.165, 1.54) is 0 Å². The van der Waals surface area contributed by atoms with Crippen molar-refractivity contribution in [1.29, 1.82) is 0 Å². The van der Waals surface area contributed by atoms with E-state index in [0.29, 0.717) is 0 Å². The lowest BCUT2D eigenvalue weighted by molar-refractivity contribution is -0.142. The van der Waals surface area contributed by atoms with Gasteiger partial charge >= 0.3 is 5.97 Å². The fourth-order valence-corrected chi connectivity index (χ4v) is 1.52. The van der Waals surface area contributed by atoms with Crippen molar-refractivity contribution in [2.45, 2.75) is 19.8 Å². The zero-order valence-corrected chi connectivity index (χ0v) is 8.32. The van der Waals surface area contributed by atoms with E-state index in [4.69, 9.17) is 5.11 Å². The van der Waals surface area contributed by atoms with Gasteiger partial charge in [0.1, 0.15) is 0 Å². The van der Waals surface area contributed by atoms with Crippen LogP contribution in [-0.2, 0) is 9.59 Å². The predicted molar refractivity (Wildman–Crippen MR) is 47.5 cm³/mol. The average Bonchev–Trinajstić information content (AvgIpc) is 2.92. The fourth-order valence-electron chi connectivity index (χ4n) is 1.52. The second-order valence-electron chi connectivity index (χ2n) is 3.55. The molecule has 0 aromatic carbocycles. The normalized spacial score (nSPS) is 24.0. The number of carbonyl (C=O) groups excluding carboxylic acids is 1. The highest BCUT2D eigenvalue weighted by atomic mass is 19.3. The Hall–Kier alpha value is -1.20. The van der Waals surface area contributed by atoms with Crippen molar-refractivity contribution in [3.8, 4) is 0 Å². The van der Waals surface area contributed by atoms with Gasteiger partial charge in [-0.15, -0.1) is 0 Å². The minimum atomic E-state index is -2.57. The van der Waals surface area contributed by atoms with Crippen molar-refractivity contribution in [3.63, 3.8) is 0 Å². The summed E-state index contributed by atoms with van der Waals surface area (Å²) in [5.74, 6) is -2.77. The molecule has 1 amide bonds. The summed E-state index contributed by atoms with van der Waals surface area (Å²) in [6.45, 7) is 1.17. The van der Waals surface area contributed by atoms with Crippen LogP contribution in [0.1, 0.15) is 13.3 Å². The summed E-state index contributed by atoms with van der Waals surface area (Å²) in [6.07, 6.45) is -2.30. The lowest BCUT2D eigenvalue weighted by Crippen LogP contribution is -2.36. The number of halogens is 2. The molecule has 1 rings (SSSR count). The number of hydrogen-bond donors (Lipinski definition) is 1. The summed E-state index contributed by atoms with van der Waals surface area (Å²) in [4.78, 5) is 23.0. The number of amides is 1. The lowest BCUT2D eigenvalue weighted by Gasteiger charge is -2.20. The first-order valence-electron chi connectivity index (χ1n) is 4.77. The van der Waals surface area contributed by atoms with Crippen molar-refractivity contribution >= 4 is 11.9 Å². The zero-order chi connectivity index (χ0) is 11.6. The van der Waals surface area contributed by atoms with Crippen LogP contribution < -0.4 is 0 Å². The predicted octanol–water partition coefficient (Wildman–Crippen LogP) is 0.821. The molecule has 0 aromatic heterocycles. The minimum absolute atomic E-state index is 0.187. The first kappa shape index (κ1) is 11.9. The van der Waals surface area contributed by atoms with Crippen LogP contribution >= 0.6 is 0 Å². The molecule has 86 valence electrons. The van der Waals surface area contributed by atoms with Gasteiger partial charge in [-0.3, -0.25) is 9.59 Å². The number of alkyl halides is 2. The Kier molecular flexibility index (Phi) is 3.60. The second-order valence-corrected chi connectivity index (χ2v) is 3.55. The molecule has 0 spiro atoms. The zero-order valence-electron chi connectivity index (χ0n) is 8.32. The maximum atomic E-state index is 12.1. The largest absolute Gasteiger partial charge is 0.481 e. The maximum Gasteiger partial charge on any atom is 0.307 e. The van der Waals surface area contributed by atoms with Crippen molar-refractivity contribution in [1.82, 2.24) is 4.90 Å². The van der Waals surface area contributed by atoms with Crippen molar-refractivity contribution in [2.75, 3.05) is 13.1 Å². The van der Waals surface area contributed by atoms with Gasteiger partial charge < -0.3 is 10.0 Å². The number of carbonyl (C=O) groups is 2. The van der Waals surface area contributed by atoms with Gasteiger partial charge in [0.2, 0.25) is 5.91 Å². The van der Waals surface area contributed by atoms with E-state index in [0.717, 1.165) is 4.90 Å². The summed E-state index contributed by atoms with van der Waals surface area (Å²) < 4.78 is 24.1. The number of aliphatic carboxylic acids is 1. The maximum absolute atomic E-state index is 12.1. The first-order chi connectivity index (χ1) is 6.97. The molecule has 0 radical (unpaired) electrons. The van der Waals surface area contributed by atoms with E-state index in [-0.39, 0.29) is 13.0 Å². The average molecular weight is 221 g/mol. The highest BCUT2D eigenvalue weighted by molar-refractivity contribution is 5.89.